The fourth-order valence-electron chi connectivity index (χ4n) is 2.39. The number of hydrogen-bond acceptors (Lipinski definition) is 7. The summed E-state index contributed by atoms with van der Waals surface area (Å²) in [5.74, 6) is -2.14. The van der Waals surface area contributed by atoms with E-state index in [2.05, 4.69) is 35.4 Å². The van der Waals surface area contributed by atoms with Crippen molar-refractivity contribution in [3.05, 3.63) is 58.1 Å². The normalized spacial score (nSPS) is 12.0. The van der Waals surface area contributed by atoms with Gasteiger partial charge in [0.1, 0.15) is 0 Å². The molecule has 1 amide bonds. The number of carbonyl (C=O) groups is 3. The lowest BCUT2D eigenvalue weighted by molar-refractivity contribution is -0.117. The highest BCUT2D eigenvalue weighted by Crippen LogP contribution is 2.18. The summed E-state index contributed by atoms with van der Waals surface area (Å²) in [6, 6.07) is 8.60. The monoisotopic (exact) mass is 498 g/mol. The van der Waals surface area contributed by atoms with Gasteiger partial charge in [0.05, 0.1) is 36.3 Å². The second-order valence-corrected chi connectivity index (χ2v) is 8.70. The third-order valence-electron chi connectivity index (χ3n) is 3.89. The van der Waals surface area contributed by atoms with Crippen molar-refractivity contribution in [1.29, 1.82) is 0 Å². The predicted octanol–water partition coefficient (Wildman–Crippen LogP) is 2.33. The summed E-state index contributed by atoms with van der Waals surface area (Å²) >= 11 is 3.22. The van der Waals surface area contributed by atoms with E-state index in [4.69, 9.17) is 0 Å². The van der Waals surface area contributed by atoms with Gasteiger partial charge >= 0.3 is 11.9 Å². The minimum atomic E-state index is -3.94. The Morgan fingerprint density at radius 3 is 1.90 bits per heavy atom. The molecule has 160 valence electrons. The van der Waals surface area contributed by atoms with Crippen LogP contribution in [-0.4, -0.2) is 46.5 Å². The van der Waals surface area contributed by atoms with Gasteiger partial charge in [0.15, 0.2) is 0 Å². The van der Waals surface area contributed by atoms with E-state index in [-0.39, 0.29) is 21.7 Å². The van der Waals surface area contributed by atoms with E-state index in [1.807, 2.05) is 0 Å². The highest BCUT2D eigenvalue weighted by molar-refractivity contribution is 9.10. The van der Waals surface area contributed by atoms with Crippen LogP contribution in [0, 0.1) is 0 Å². The molecule has 0 aromatic heterocycles. The Balaban J connectivity index is 2.22. The fourth-order valence-corrected chi connectivity index (χ4v) is 3.86. The van der Waals surface area contributed by atoms with Crippen LogP contribution in [0.2, 0.25) is 0 Å². The molecule has 0 fully saturated rings. The molecule has 0 aliphatic heterocycles. The molecule has 0 spiro atoms. The molecule has 30 heavy (non-hydrogen) atoms. The van der Waals surface area contributed by atoms with E-state index in [0.717, 1.165) is 0 Å². The van der Waals surface area contributed by atoms with Crippen LogP contribution in [0.5, 0.6) is 0 Å². The van der Waals surface area contributed by atoms with Crippen molar-refractivity contribution in [3.63, 3.8) is 0 Å². The van der Waals surface area contributed by atoms with E-state index < -0.39 is 33.9 Å². The summed E-state index contributed by atoms with van der Waals surface area (Å²) in [5, 5.41) is 2.47. The number of hydrogen-bond donors (Lipinski definition) is 2. The van der Waals surface area contributed by atoms with E-state index in [1.54, 1.807) is 12.1 Å². The number of nitrogens with one attached hydrogen (secondary N) is 2. The Hall–Kier alpha value is -2.76. The average molecular weight is 499 g/mol. The van der Waals surface area contributed by atoms with Crippen LogP contribution in [-0.2, 0) is 24.3 Å². The number of methoxy groups -OCH3 is 2. The summed E-state index contributed by atoms with van der Waals surface area (Å²) in [4.78, 5) is 36.2. The van der Waals surface area contributed by atoms with Gasteiger partial charge in [-0.15, -0.1) is 0 Å². The summed E-state index contributed by atoms with van der Waals surface area (Å²) in [6.07, 6.45) is 0. The fraction of sp³-hybridized carbons (Fsp3) is 0.211. The van der Waals surface area contributed by atoms with Crippen LogP contribution < -0.4 is 10.0 Å². The maximum absolute atomic E-state index is 12.5. The number of benzene rings is 2. The number of ether oxygens (including phenoxy) is 2. The first kappa shape index (κ1) is 23.5. The van der Waals surface area contributed by atoms with Crippen molar-refractivity contribution in [1.82, 2.24) is 4.72 Å². The third kappa shape index (κ3) is 5.88. The SMILES string of the molecule is COC(=O)c1cc(NC(=O)[C@H](C)NS(=O)(=O)c2ccc(Br)cc2)cc(C(=O)OC)c1. The van der Waals surface area contributed by atoms with Crippen molar-refractivity contribution in [2.24, 2.45) is 0 Å². The number of halogens is 1. The quantitative estimate of drug-likeness (QED) is 0.560. The standard InChI is InChI=1S/C19H19BrN2O7S/c1-11(22-30(26,27)16-6-4-14(20)5-7-16)17(23)21-15-9-12(18(24)28-2)8-13(10-15)19(25)29-3/h4-11,22H,1-3H3,(H,21,23)/t11-/m0/s1. The number of amides is 1. The van der Waals surface area contributed by atoms with Crippen molar-refractivity contribution >= 4 is 49.5 Å². The van der Waals surface area contributed by atoms with Gasteiger partial charge in [-0.25, -0.2) is 18.0 Å². The van der Waals surface area contributed by atoms with Crippen LogP contribution in [0.4, 0.5) is 5.69 Å². The molecule has 0 aliphatic rings. The zero-order valence-electron chi connectivity index (χ0n) is 16.3. The molecule has 0 saturated carbocycles. The maximum Gasteiger partial charge on any atom is 0.337 e. The summed E-state index contributed by atoms with van der Waals surface area (Å²) < 4.78 is 37.1. The minimum Gasteiger partial charge on any atom is -0.465 e. The topological polar surface area (TPSA) is 128 Å². The van der Waals surface area contributed by atoms with Crippen molar-refractivity contribution in [3.8, 4) is 0 Å². The van der Waals surface area contributed by atoms with Crippen molar-refractivity contribution in [2.45, 2.75) is 17.9 Å². The first-order valence-corrected chi connectivity index (χ1v) is 10.8. The van der Waals surface area contributed by atoms with Gasteiger partial charge in [0.2, 0.25) is 15.9 Å². The summed E-state index contributed by atoms with van der Waals surface area (Å²) in [5.41, 5.74) is 0.121. The molecule has 0 radical (unpaired) electrons. The molecule has 0 bridgehead atoms. The molecule has 1 atom stereocenters. The van der Waals surface area contributed by atoms with Crippen LogP contribution in [0.15, 0.2) is 51.8 Å². The van der Waals surface area contributed by atoms with Crippen molar-refractivity contribution in [2.75, 3.05) is 19.5 Å². The molecule has 2 aromatic rings. The lowest BCUT2D eigenvalue weighted by Gasteiger charge is -2.15. The second kappa shape index (κ2) is 9.83. The molecular weight excluding hydrogens is 480 g/mol. The summed E-state index contributed by atoms with van der Waals surface area (Å²) in [7, 11) is -1.60. The lowest BCUT2D eigenvalue weighted by Crippen LogP contribution is -2.41. The van der Waals surface area contributed by atoms with E-state index in [9.17, 15) is 22.8 Å². The van der Waals surface area contributed by atoms with Crippen LogP contribution in [0.1, 0.15) is 27.6 Å². The Labute approximate surface area is 181 Å². The zero-order valence-corrected chi connectivity index (χ0v) is 18.7. The average Bonchev–Trinajstić information content (AvgIpc) is 2.72. The van der Waals surface area contributed by atoms with Crippen LogP contribution in [0.3, 0.4) is 0 Å². The van der Waals surface area contributed by atoms with Gasteiger partial charge in [-0.05, 0) is 49.4 Å². The molecule has 0 saturated heterocycles. The number of sulfonamides is 1. The largest absolute Gasteiger partial charge is 0.465 e. The van der Waals surface area contributed by atoms with Gasteiger partial charge < -0.3 is 14.8 Å². The van der Waals surface area contributed by atoms with E-state index >= 15 is 0 Å². The number of rotatable bonds is 7. The first-order valence-electron chi connectivity index (χ1n) is 8.48. The number of carbonyl (C=O) groups excluding carboxylic acids is 3. The molecule has 2 aromatic carbocycles. The van der Waals surface area contributed by atoms with E-state index in [1.165, 1.54) is 51.5 Å². The highest BCUT2D eigenvalue weighted by atomic mass is 79.9. The minimum absolute atomic E-state index is 0.00832. The molecule has 0 aliphatic carbocycles. The predicted molar refractivity (Wildman–Crippen MR) is 112 cm³/mol. The highest BCUT2D eigenvalue weighted by Gasteiger charge is 2.23. The van der Waals surface area contributed by atoms with Crippen molar-refractivity contribution < 1.29 is 32.3 Å². The molecule has 2 rings (SSSR count). The Morgan fingerprint density at radius 2 is 1.43 bits per heavy atom. The van der Waals surface area contributed by atoms with Crippen LogP contribution in [0.25, 0.3) is 0 Å². The maximum atomic E-state index is 12.5. The first-order chi connectivity index (χ1) is 14.1. The van der Waals surface area contributed by atoms with Crippen LogP contribution >= 0.6 is 15.9 Å². The van der Waals surface area contributed by atoms with Gasteiger partial charge in [0, 0.05) is 10.2 Å². The number of anilines is 1. The lowest BCUT2D eigenvalue weighted by atomic mass is 10.1. The molecular formula is C19H19BrN2O7S. The van der Waals surface area contributed by atoms with E-state index in [0.29, 0.717) is 4.47 Å². The summed E-state index contributed by atoms with van der Waals surface area (Å²) in [6.45, 7) is 1.36. The van der Waals surface area contributed by atoms with Gasteiger partial charge in [-0.1, -0.05) is 15.9 Å². The third-order valence-corrected chi connectivity index (χ3v) is 5.98. The molecule has 11 heteroatoms. The molecule has 2 N–H and O–H groups in total. The van der Waals surface area contributed by atoms with Gasteiger partial charge in [-0.2, -0.15) is 4.72 Å². The van der Waals surface area contributed by atoms with Gasteiger partial charge in [0.25, 0.3) is 0 Å². The smallest absolute Gasteiger partial charge is 0.337 e. The molecule has 0 unspecified atom stereocenters. The Kier molecular flexibility index (Phi) is 7.71. The molecule has 0 heterocycles. The second-order valence-electron chi connectivity index (χ2n) is 6.07. The zero-order chi connectivity index (χ0) is 22.5. The molecule has 9 nitrogen and oxygen atoms in total. The number of esters is 2. The Morgan fingerprint density at radius 1 is 0.933 bits per heavy atom. The Bertz CT molecular complexity index is 1030. The van der Waals surface area contributed by atoms with Gasteiger partial charge in [-0.3, -0.25) is 4.79 Å².